The lowest BCUT2D eigenvalue weighted by Crippen LogP contribution is -2.23. The number of nitrogens with zero attached hydrogens (tertiary/aromatic N) is 1. The van der Waals surface area contributed by atoms with Crippen molar-refractivity contribution in [3.8, 4) is 10.6 Å². The van der Waals surface area contributed by atoms with Gasteiger partial charge in [-0.25, -0.2) is 4.98 Å². The summed E-state index contributed by atoms with van der Waals surface area (Å²) in [5.74, 6) is -0.548. The first-order chi connectivity index (χ1) is 14.3. The molecular formula is C24H26N2O3S. The van der Waals surface area contributed by atoms with Crippen LogP contribution in [0.5, 0.6) is 0 Å². The van der Waals surface area contributed by atoms with Crippen molar-refractivity contribution in [2.24, 2.45) is 0 Å². The minimum Gasteiger partial charge on any atom is -0.455 e. The van der Waals surface area contributed by atoms with Crippen molar-refractivity contribution >= 4 is 28.9 Å². The van der Waals surface area contributed by atoms with E-state index in [9.17, 15) is 9.59 Å². The molecule has 0 aliphatic rings. The monoisotopic (exact) mass is 422 g/mol. The highest BCUT2D eigenvalue weighted by molar-refractivity contribution is 7.13. The van der Waals surface area contributed by atoms with Gasteiger partial charge in [0.25, 0.3) is 5.91 Å². The molecule has 0 aliphatic heterocycles. The van der Waals surface area contributed by atoms with Crippen LogP contribution in [0.15, 0.2) is 47.8 Å². The number of ether oxygens (including phenoxy) is 1. The number of benzene rings is 2. The summed E-state index contributed by atoms with van der Waals surface area (Å²) in [6, 6.07) is 14.0. The van der Waals surface area contributed by atoms with Crippen molar-refractivity contribution in [2.75, 3.05) is 11.9 Å². The van der Waals surface area contributed by atoms with Gasteiger partial charge < -0.3 is 10.1 Å². The van der Waals surface area contributed by atoms with Gasteiger partial charge in [-0.2, -0.15) is 0 Å². The maximum Gasteiger partial charge on any atom is 0.312 e. The van der Waals surface area contributed by atoms with Crippen LogP contribution in [0.4, 0.5) is 5.69 Å². The first-order valence-electron chi connectivity index (χ1n) is 9.90. The van der Waals surface area contributed by atoms with E-state index in [4.69, 9.17) is 4.74 Å². The third kappa shape index (κ3) is 5.54. The molecule has 156 valence electrons. The molecule has 1 aromatic heterocycles. The molecule has 2 aromatic carbocycles. The second-order valence-corrected chi connectivity index (χ2v) is 8.45. The van der Waals surface area contributed by atoms with E-state index in [-0.39, 0.29) is 24.9 Å². The fraction of sp³-hybridized carbons (Fsp3) is 0.292. The van der Waals surface area contributed by atoms with Gasteiger partial charge in [0.2, 0.25) is 0 Å². The van der Waals surface area contributed by atoms with Crippen molar-refractivity contribution in [3.63, 3.8) is 0 Å². The highest BCUT2D eigenvalue weighted by atomic mass is 32.1. The van der Waals surface area contributed by atoms with E-state index >= 15 is 0 Å². The molecule has 1 N–H and O–H groups in total. The first-order valence-corrected chi connectivity index (χ1v) is 10.8. The standard InChI is InChI=1S/C24H26N2O3S/c1-15(2)20-7-5-6-17(4)23(20)26-21(27)13-29-22(28)12-19-14-30-24(25-19)18-10-8-16(3)9-11-18/h5-11,14-15H,12-13H2,1-4H3,(H,26,27). The summed E-state index contributed by atoms with van der Waals surface area (Å²) in [5.41, 5.74) is 5.66. The summed E-state index contributed by atoms with van der Waals surface area (Å²) < 4.78 is 5.16. The van der Waals surface area contributed by atoms with Crippen molar-refractivity contribution < 1.29 is 14.3 Å². The quantitative estimate of drug-likeness (QED) is 0.526. The molecule has 1 amide bonds. The molecular weight excluding hydrogens is 396 g/mol. The van der Waals surface area contributed by atoms with Crippen LogP contribution in [0.1, 0.15) is 42.1 Å². The molecule has 3 rings (SSSR count). The van der Waals surface area contributed by atoms with E-state index in [0.717, 1.165) is 27.4 Å². The predicted molar refractivity (Wildman–Crippen MR) is 121 cm³/mol. The van der Waals surface area contributed by atoms with Crippen LogP contribution in [0.25, 0.3) is 10.6 Å². The molecule has 5 nitrogen and oxygen atoms in total. The van der Waals surface area contributed by atoms with Gasteiger partial charge in [0, 0.05) is 16.6 Å². The van der Waals surface area contributed by atoms with Crippen LogP contribution in [0.3, 0.4) is 0 Å². The zero-order valence-corrected chi connectivity index (χ0v) is 18.5. The van der Waals surface area contributed by atoms with Gasteiger partial charge in [-0.1, -0.05) is 61.9 Å². The Morgan fingerprint density at radius 3 is 2.53 bits per heavy atom. The molecule has 0 bridgehead atoms. The fourth-order valence-electron chi connectivity index (χ4n) is 3.08. The maximum atomic E-state index is 12.3. The third-order valence-corrected chi connectivity index (χ3v) is 5.67. The number of carbonyl (C=O) groups excluding carboxylic acids is 2. The van der Waals surface area contributed by atoms with Gasteiger partial charge in [0.15, 0.2) is 6.61 Å². The van der Waals surface area contributed by atoms with Crippen LogP contribution >= 0.6 is 11.3 Å². The smallest absolute Gasteiger partial charge is 0.312 e. The van der Waals surface area contributed by atoms with E-state index in [1.807, 2.05) is 61.7 Å². The molecule has 0 spiro atoms. The van der Waals surface area contributed by atoms with Gasteiger partial charge in [-0.15, -0.1) is 11.3 Å². The Kier molecular flexibility index (Phi) is 7.00. The first kappa shape index (κ1) is 21.7. The third-order valence-electron chi connectivity index (χ3n) is 4.73. The lowest BCUT2D eigenvalue weighted by Gasteiger charge is -2.16. The lowest BCUT2D eigenvalue weighted by molar-refractivity contribution is -0.146. The normalized spacial score (nSPS) is 10.8. The van der Waals surface area contributed by atoms with Crippen molar-refractivity contribution in [1.29, 1.82) is 0 Å². The molecule has 0 fully saturated rings. The Bertz CT molecular complexity index is 1040. The molecule has 6 heteroatoms. The van der Waals surface area contributed by atoms with Gasteiger partial charge in [0.1, 0.15) is 5.01 Å². The molecule has 0 radical (unpaired) electrons. The van der Waals surface area contributed by atoms with E-state index in [2.05, 4.69) is 24.1 Å². The number of rotatable bonds is 7. The van der Waals surface area contributed by atoms with Crippen LogP contribution in [-0.2, 0) is 20.7 Å². The Morgan fingerprint density at radius 2 is 1.83 bits per heavy atom. The molecule has 0 atom stereocenters. The van der Waals surface area contributed by atoms with E-state index in [0.29, 0.717) is 5.69 Å². The number of thiazole rings is 1. The average Bonchev–Trinajstić information content (AvgIpc) is 3.16. The van der Waals surface area contributed by atoms with E-state index in [1.165, 1.54) is 16.9 Å². The summed E-state index contributed by atoms with van der Waals surface area (Å²) >= 11 is 1.48. The number of carbonyl (C=O) groups is 2. The number of esters is 1. The van der Waals surface area contributed by atoms with Crippen LogP contribution < -0.4 is 5.32 Å². The molecule has 30 heavy (non-hydrogen) atoms. The van der Waals surface area contributed by atoms with Crippen molar-refractivity contribution in [3.05, 3.63) is 70.2 Å². The van der Waals surface area contributed by atoms with Crippen molar-refractivity contribution in [2.45, 2.75) is 40.0 Å². The maximum absolute atomic E-state index is 12.3. The van der Waals surface area contributed by atoms with Crippen LogP contribution in [0.2, 0.25) is 0 Å². The van der Waals surface area contributed by atoms with Crippen LogP contribution in [0, 0.1) is 13.8 Å². The number of para-hydroxylation sites is 1. The lowest BCUT2D eigenvalue weighted by atomic mass is 9.98. The van der Waals surface area contributed by atoms with E-state index < -0.39 is 5.97 Å². The number of hydrogen-bond donors (Lipinski definition) is 1. The molecule has 0 aliphatic carbocycles. The minimum atomic E-state index is -0.472. The number of nitrogens with one attached hydrogen (secondary N) is 1. The van der Waals surface area contributed by atoms with Crippen molar-refractivity contribution in [1.82, 2.24) is 4.98 Å². The van der Waals surface area contributed by atoms with Gasteiger partial charge in [-0.3, -0.25) is 9.59 Å². The zero-order valence-electron chi connectivity index (χ0n) is 17.7. The number of hydrogen-bond acceptors (Lipinski definition) is 5. The van der Waals surface area contributed by atoms with Gasteiger partial charge in [0.05, 0.1) is 12.1 Å². The summed E-state index contributed by atoms with van der Waals surface area (Å²) in [6.45, 7) is 7.80. The summed E-state index contributed by atoms with van der Waals surface area (Å²) in [5, 5.41) is 5.58. The summed E-state index contributed by atoms with van der Waals surface area (Å²) in [7, 11) is 0. The van der Waals surface area contributed by atoms with Gasteiger partial charge >= 0.3 is 5.97 Å². The molecule has 0 saturated heterocycles. The highest BCUT2D eigenvalue weighted by Gasteiger charge is 2.15. The minimum absolute atomic E-state index is 0.0389. The average molecular weight is 423 g/mol. The fourth-order valence-corrected chi connectivity index (χ4v) is 3.91. The molecule has 3 aromatic rings. The van der Waals surface area contributed by atoms with Crippen LogP contribution in [-0.4, -0.2) is 23.5 Å². The highest BCUT2D eigenvalue weighted by Crippen LogP contribution is 2.27. The second kappa shape index (κ2) is 9.67. The number of aromatic nitrogens is 1. The SMILES string of the molecule is Cc1ccc(-c2nc(CC(=O)OCC(=O)Nc3c(C)cccc3C(C)C)cs2)cc1. The molecule has 1 heterocycles. The summed E-state index contributed by atoms with van der Waals surface area (Å²) in [6.07, 6.45) is 0.0389. The Labute approximate surface area is 181 Å². The topological polar surface area (TPSA) is 68.3 Å². The number of anilines is 1. The number of amides is 1. The molecule has 0 unspecified atom stereocenters. The molecule has 0 saturated carbocycles. The van der Waals surface area contributed by atoms with Gasteiger partial charge in [-0.05, 0) is 30.9 Å². The Morgan fingerprint density at radius 1 is 1.10 bits per heavy atom. The Hall–Kier alpha value is -2.99. The number of aryl methyl sites for hydroxylation is 2. The predicted octanol–water partition coefficient (Wildman–Crippen LogP) is 5.27. The Balaban J connectivity index is 1.54. The van der Waals surface area contributed by atoms with E-state index in [1.54, 1.807) is 0 Å². The zero-order chi connectivity index (χ0) is 21.7. The second-order valence-electron chi connectivity index (χ2n) is 7.59. The summed E-state index contributed by atoms with van der Waals surface area (Å²) in [4.78, 5) is 29.0. The largest absolute Gasteiger partial charge is 0.455 e.